The molecule has 3 rings (SSSR count). The molecule has 0 atom stereocenters. The number of rotatable bonds is 6. The van der Waals surface area contributed by atoms with E-state index in [9.17, 15) is 0 Å². The summed E-state index contributed by atoms with van der Waals surface area (Å²) in [7, 11) is 1.58. The lowest BCUT2D eigenvalue weighted by molar-refractivity contribution is 0.415. The van der Waals surface area contributed by atoms with E-state index < -0.39 is 0 Å². The van der Waals surface area contributed by atoms with Crippen molar-refractivity contribution in [3.63, 3.8) is 0 Å². The fraction of sp³-hybridized carbons (Fsp3) is 0.158. The second-order valence-electron chi connectivity index (χ2n) is 5.38. The Kier molecular flexibility index (Phi) is 5.36. The second-order valence-corrected chi connectivity index (χ2v) is 5.78. The van der Waals surface area contributed by atoms with Crippen molar-refractivity contribution in [1.82, 2.24) is 9.97 Å². The molecule has 0 saturated heterocycles. The van der Waals surface area contributed by atoms with Crippen LogP contribution in [0.2, 0.25) is 5.02 Å². The molecule has 0 fully saturated rings. The number of ether oxygens (including phenoxy) is 1. The first kappa shape index (κ1) is 17.0. The zero-order valence-corrected chi connectivity index (χ0v) is 14.8. The number of aromatic nitrogens is 2. The average molecular weight is 355 g/mol. The first-order valence-corrected chi connectivity index (χ1v) is 8.36. The summed E-state index contributed by atoms with van der Waals surface area (Å²) in [6.07, 6.45) is 2.65. The first-order chi connectivity index (χ1) is 12.2. The number of nitrogens with one attached hydrogen (secondary N) is 2. The third-order valence-electron chi connectivity index (χ3n) is 3.72. The molecule has 25 heavy (non-hydrogen) atoms. The number of benzene rings is 2. The van der Waals surface area contributed by atoms with Gasteiger partial charge in [-0.2, -0.15) is 4.98 Å². The van der Waals surface area contributed by atoms with Gasteiger partial charge in [-0.3, -0.25) is 0 Å². The van der Waals surface area contributed by atoms with Crippen LogP contribution in [0.5, 0.6) is 5.75 Å². The molecule has 128 valence electrons. The van der Waals surface area contributed by atoms with E-state index in [0.29, 0.717) is 16.7 Å². The molecule has 0 spiro atoms. The Morgan fingerprint density at radius 1 is 1.08 bits per heavy atom. The zero-order valence-electron chi connectivity index (χ0n) is 14.1. The number of hydrogen-bond acceptors (Lipinski definition) is 5. The van der Waals surface area contributed by atoms with Crippen LogP contribution in [0, 0.1) is 0 Å². The molecule has 0 amide bonds. The summed E-state index contributed by atoms with van der Waals surface area (Å²) in [5, 5.41) is 7.02. The van der Waals surface area contributed by atoms with Crippen LogP contribution in [0.3, 0.4) is 0 Å². The first-order valence-electron chi connectivity index (χ1n) is 7.98. The molecule has 1 aromatic heterocycles. The molecule has 2 aromatic carbocycles. The lowest BCUT2D eigenvalue weighted by atomic mass is 10.1. The number of methoxy groups -OCH3 is 1. The predicted octanol–water partition coefficient (Wildman–Crippen LogP) is 5.19. The summed E-state index contributed by atoms with van der Waals surface area (Å²) >= 11 is 6.15. The van der Waals surface area contributed by atoms with Gasteiger partial charge in [-0.1, -0.05) is 36.7 Å². The highest BCUT2D eigenvalue weighted by atomic mass is 35.5. The summed E-state index contributed by atoms with van der Waals surface area (Å²) in [5.74, 6) is 1.83. The highest BCUT2D eigenvalue weighted by Gasteiger charge is 2.06. The van der Waals surface area contributed by atoms with Gasteiger partial charge in [0.2, 0.25) is 5.95 Å². The van der Waals surface area contributed by atoms with Crippen LogP contribution in [0.25, 0.3) is 0 Å². The van der Waals surface area contributed by atoms with Gasteiger partial charge >= 0.3 is 0 Å². The molecule has 6 heteroatoms. The van der Waals surface area contributed by atoms with Gasteiger partial charge in [-0.15, -0.1) is 0 Å². The molecule has 0 aliphatic heterocycles. The molecular formula is C19H19ClN4O. The maximum Gasteiger partial charge on any atom is 0.229 e. The molecule has 2 N–H and O–H groups in total. The average Bonchev–Trinajstić information content (AvgIpc) is 2.63. The van der Waals surface area contributed by atoms with E-state index in [-0.39, 0.29) is 0 Å². The van der Waals surface area contributed by atoms with Gasteiger partial charge in [0.25, 0.3) is 0 Å². The molecule has 5 nitrogen and oxygen atoms in total. The van der Waals surface area contributed by atoms with Gasteiger partial charge < -0.3 is 15.4 Å². The maximum absolute atomic E-state index is 6.15. The van der Waals surface area contributed by atoms with E-state index >= 15 is 0 Å². The summed E-state index contributed by atoms with van der Waals surface area (Å²) < 4.78 is 5.16. The van der Waals surface area contributed by atoms with Crippen molar-refractivity contribution in [2.75, 3.05) is 17.7 Å². The minimum Gasteiger partial charge on any atom is -0.495 e. The Labute approximate surface area is 152 Å². The van der Waals surface area contributed by atoms with Crippen molar-refractivity contribution < 1.29 is 4.74 Å². The summed E-state index contributed by atoms with van der Waals surface area (Å²) in [4.78, 5) is 8.76. The molecular weight excluding hydrogens is 336 g/mol. The molecule has 0 aliphatic carbocycles. The number of halogens is 1. The van der Waals surface area contributed by atoms with Crippen LogP contribution in [-0.4, -0.2) is 17.1 Å². The van der Waals surface area contributed by atoms with E-state index in [4.69, 9.17) is 16.3 Å². The summed E-state index contributed by atoms with van der Waals surface area (Å²) in [6, 6.07) is 15.4. The SMILES string of the molecule is CCc1ccccc1Nc1ccnc(Nc2ccc(OC)c(Cl)c2)n1. The van der Waals surface area contributed by atoms with Crippen LogP contribution in [0.4, 0.5) is 23.1 Å². The smallest absolute Gasteiger partial charge is 0.229 e. The molecule has 0 saturated carbocycles. The summed E-state index contributed by atoms with van der Waals surface area (Å²) in [6.45, 7) is 2.13. The van der Waals surface area contributed by atoms with E-state index in [1.54, 1.807) is 25.4 Å². The number of aryl methyl sites for hydroxylation is 1. The van der Waals surface area contributed by atoms with Gasteiger partial charge in [-0.25, -0.2) is 4.98 Å². The Bertz CT molecular complexity index is 870. The fourth-order valence-electron chi connectivity index (χ4n) is 2.45. The second kappa shape index (κ2) is 7.85. The van der Waals surface area contributed by atoms with Crippen LogP contribution in [0.15, 0.2) is 54.7 Å². The highest BCUT2D eigenvalue weighted by Crippen LogP contribution is 2.28. The van der Waals surface area contributed by atoms with Crippen LogP contribution in [-0.2, 0) is 6.42 Å². The van der Waals surface area contributed by atoms with Crippen molar-refractivity contribution in [2.45, 2.75) is 13.3 Å². The lowest BCUT2D eigenvalue weighted by Crippen LogP contribution is -2.01. The van der Waals surface area contributed by atoms with E-state index in [0.717, 1.165) is 23.6 Å². The normalized spacial score (nSPS) is 10.4. The van der Waals surface area contributed by atoms with Crippen molar-refractivity contribution in [1.29, 1.82) is 0 Å². The third-order valence-corrected chi connectivity index (χ3v) is 4.02. The molecule has 0 bridgehead atoms. The molecule has 0 aliphatic rings. The van der Waals surface area contributed by atoms with Crippen molar-refractivity contribution >= 4 is 34.7 Å². The Hall–Kier alpha value is -2.79. The van der Waals surface area contributed by atoms with Crippen LogP contribution < -0.4 is 15.4 Å². The van der Waals surface area contributed by atoms with Gasteiger partial charge in [0, 0.05) is 17.6 Å². The van der Waals surface area contributed by atoms with Crippen molar-refractivity contribution in [3.8, 4) is 5.75 Å². The van der Waals surface area contributed by atoms with Crippen LogP contribution in [0.1, 0.15) is 12.5 Å². The number of para-hydroxylation sites is 1. The minimum atomic E-state index is 0.486. The molecule has 0 unspecified atom stereocenters. The minimum absolute atomic E-state index is 0.486. The van der Waals surface area contributed by atoms with E-state index in [1.165, 1.54) is 5.56 Å². The van der Waals surface area contributed by atoms with Crippen LogP contribution >= 0.6 is 11.6 Å². The Morgan fingerprint density at radius 2 is 1.92 bits per heavy atom. The third kappa shape index (κ3) is 4.19. The molecule has 3 aromatic rings. The van der Waals surface area contributed by atoms with Crippen molar-refractivity contribution in [2.24, 2.45) is 0 Å². The quantitative estimate of drug-likeness (QED) is 0.638. The summed E-state index contributed by atoms with van der Waals surface area (Å²) in [5.41, 5.74) is 3.07. The van der Waals surface area contributed by atoms with E-state index in [1.807, 2.05) is 30.3 Å². The predicted molar refractivity (Wildman–Crippen MR) is 102 cm³/mol. The highest BCUT2D eigenvalue weighted by molar-refractivity contribution is 6.32. The standard InChI is InChI=1S/C19H19ClN4O/c1-3-13-6-4-5-7-16(13)23-18-10-11-21-19(24-18)22-14-8-9-17(25-2)15(20)12-14/h4-12H,3H2,1-2H3,(H2,21,22,23,24). The maximum atomic E-state index is 6.15. The Balaban J connectivity index is 1.78. The molecule has 0 radical (unpaired) electrons. The van der Waals surface area contributed by atoms with Gasteiger partial charge in [0.15, 0.2) is 0 Å². The van der Waals surface area contributed by atoms with Gasteiger partial charge in [-0.05, 0) is 42.3 Å². The number of anilines is 4. The van der Waals surface area contributed by atoms with Crippen molar-refractivity contribution in [3.05, 3.63) is 65.3 Å². The number of nitrogens with zero attached hydrogens (tertiary/aromatic N) is 2. The lowest BCUT2D eigenvalue weighted by Gasteiger charge is -2.12. The monoisotopic (exact) mass is 354 g/mol. The fourth-order valence-corrected chi connectivity index (χ4v) is 2.71. The Morgan fingerprint density at radius 3 is 2.68 bits per heavy atom. The van der Waals surface area contributed by atoms with Gasteiger partial charge in [0.05, 0.1) is 12.1 Å². The molecule has 1 heterocycles. The zero-order chi connectivity index (χ0) is 17.6. The van der Waals surface area contributed by atoms with E-state index in [2.05, 4.69) is 33.6 Å². The van der Waals surface area contributed by atoms with Gasteiger partial charge in [0.1, 0.15) is 11.6 Å². The largest absolute Gasteiger partial charge is 0.495 e. The topological polar surface area (TPSA) is 59.1 Å². The number of hydrogen-bond donors (Lipinski definition) is 2.